The number of rotatable bonds is 3. The number of carbonyl (C=O) groups excluding carboxylic acids is 1. The fourth-order valence-corrected chi connectivity index (χ4v) is 2.68. The number of carbonyl (C=O) groups is 1. The van der Waals surface area contributed by atoms with Crippen molar-refractivity contribution in [1.29, 1.82) is 0 Å². The molecule has 0 aromatic heterocycles. The second kappa shape index (κ2) is 5.54. The van der Waals surface area contributed by atoms with Gasteiger partial charge in [0.2, 0.25) is 5.91 Å². The highest BCUT2D eigenvalue weighted by Crippen LogP contribution is 2.42. The molecule has 2 rings (SSSR count). The number of benzene rings is 1. The van der Waals surface area contributed by atoms with Crippen molar-refractivity contribution < 1.29 is 22.4 Å². The molecule has 3 N–H and O–H groups in total. The molecule has 1 aliphatic rings. The Balaban J connectivity index is 2.13. The number of primary amides is 1. The first-order valence-corrected chi connectivity index (χ1v) is 6.63. The topological polar surface area (TPSA) is 55.1 Å². The van der Waals surface area contributed by atoms with Gasteiger partial charge in [-0.2, -0.15) is 13.2 Å². The molecular formula is C14H16F4N2O. The van der Waals surface area contributed by atoms with Crippen molar-refractivity contribution in [2.24, 2.45) is 11.7 Å². The van der Waals surface area contributed by atoms with Crippen LogP contribution < -0.4 is 11.1 Å². The first-order chi connectivity index (χ1) is 9.73. The Labute approximate surface area is 119 Å². The summed E-state index contributed by atoms with van der Waals surface area (Å²) in [6, 6.07) is 5.27. The third-order valence-corrected chi connectivity index (χ3v) is 4.00. The number of halogens is 4. The van der Waals surface area contributed by atoms with E-state index in [2.05, 4.69) is 5.32 Å². The zero-order chi connectivity index (χ0) is 15.7. The van der Waals surface area contributed by atoms with Crippen molar-refractivity contribution in [3.8, 4) is 0 Å². The van der Waals surface area contributed by atoms with Crippen LogP contribution in [0, 0.1) is 11.7 Å². The third-order valence-electron chi connectivity index (χ3n) is 4.00. The highest BCUT2D eigenvalue weighted by atomic mass is 19.4. The summed E-state index contributed by atoms with van der Waals surface area (Å²) in [5, 5.41) is 2.88. The second-order valence-corrected chi connectivity index (χ2v) is 5.39. The maximum atomic E-state index is 12.9. The van der Waals surface area contributed by atoms with Crippen LogP contribution in [0.25, 0.3) is 0 Å². The molecule has 21 heavy (non-hydrogen) atoms. The van der Waals surface area contributed by atoms with Gasteiger partial charge in [-0.15, -0.1) is 0 Å². The van der Waals surface area contributed by atoms with Crippen LogP contribution in [0.1, 0.15) is 25.7 Å². The Hall–Kier alpha value is -1.79. The molecule has 0 atom stereocenters. The van der Waals surface area contributed by atoms with E-state index in [1.165, 1.54) is 24.3 Å². The summed E-state index contributed by atoms with van der Waals surface area (Å²) in [5.74, 6) is -2.53. The van der Waals surface area contributed by atoms with E-state index in [-0.39, 0.29) is 25.7 Å². The average molecular weight is 304 g/mol. The molecule has 1 fully saturated rings. The summed E-state index contributed by atoms with van der Waals surface area (Å²) in [7, 11) is 0. The fourth-order valence-electron chi connectivity index (χ4n) is 2.68. The van der Waals surface area contributed by atoms with E-state index in [0.29, 0.717) is 5.69 Å². The zero-order valence-electron chi connectivity index (χ0n) is 11.2. The van der Waals surface area contributed by atoms with Gasteiger partial charge in [-0.1, -0.05) is 0 Å². The minimum atomic E-state index is -4.25. The van der Waals surface area contributed by atoms with Crippen LogP contribution in [0.2, 0.25) is 0 Å². The molecule has 1 saturated carbocycles. The lowest BCUT2D eigenvalue weighted by Crippen LogP contribution is -2.53. The number of hydrogen-bond donors (Lipinski definition) is 2. The molecule has 1 aromatic rings. The quantitative estimate of drug-likeness (QED) is 0.843. The van der Waals surface area contributed by atoms with E-state index in [1.807, 2.05) is 0 Å². The standard InChI is InChI=1S/C14H16F4N2O/c15-10-1-3-11(4-2-10)20-13(12(19)21)7-5-9(6-8-13)14(16,17)18/h1-4,9,20H,5-8H2,(H2,19,21). The van der Waals surface area contributed by atoms with Crippen LogP contribution in [-0.4, -0.2) is 17.6 Å². The number of amides is 1. The predicted molar refractivity (Wildman–Crippen MR) is 70.0 cm³/mol. The van der Waals surface area contributed by atoms with E-state index < -0.39 is 29.4 Å². The van der Waals surface area contributed by atoms with Gasteiger partial charge in [0.05, 0.1) is 5.92 Å². The minimum Gasteiger partial charge on any atom is -0.371 e. The van der Waals surface area contributed by atoms with Gasteiger partial charge in [0.1, 0.15) is 11.4 Å². The Morgan fingerprint density at radius 2 is 1.71 bits per heavy atom. The zero-order valence-corrected chi connectivity index (χ0v) is 11.2. The predicted octanol–water partition coefficient (Wildman–Crippen LogP) is 3.21. The third kappa shape index (κ3) is 3.46. The van der Waals surface area contributed by atoms with E-state index in [4.69, 9.17) is 5.73 Å². The molecule has 1 aromatic carbocycles. The highest BCUT2D eigenvalue weighted by Gasteiger charge is 2.48. The molecule has 1 amide bonds. The lowest BCUT2D eigenvalue weighted by molar-refractivity contribution is -0.184. The maximum absolute atomic E-state index is 12.9. The van der Waals surface area contributed by atoms with E-state index in [1.54, 1.807) is 0 Å². The molecule has 0 saturated heterocycles. The molecule has 0 radical (unpaired) electrons. The van der Waals surface area contributed by atoms with Crippen molar-refractivity contribution in [3.63, 3.8) is 0 Å². The Bertz CT molecular complexity index is 505. The number of alkyl halides is 3. The Kier molecular flexibility index (Phi) is 4.11. The van der Waals surface area contributed by atoms with Gasteiger partial charge < -0.3 is 11.1 Å². The second-order valence-electron chi connectivity index (χ2n) is 5.39. The van der Waals surface area contributed by atoms with E-state index >= 15 is 0 Å². The normalized spacial score (nSPS) is 26.4. The van der Waals surface area contributed by atoms with Gasteiger partial charge in [0.15, 0.2) is 0 Å². The summed E-state index contributed by atoms with van der Waals surface area (Å²) in [6.07, 6.45) is -4.55. The smallest absolute Gasteiger partial charge is 0.371 e. The van der Waals surface area contributed by atoms with Gasteiger partial charge in [0.25, 0.3) is 0 Å². The van der Waals surface area contributed by atoms with Crippen molar-refractivity contribution in [3.05, 3.63) is 30.1 Å². The molecule has 0 aliphatic heterocycles. The highest BCUT2D eigenvalue weighted by molar-refractivity contribution is 5.88. The summed E-state index contributed by atoms with van der Waals surface area (Å²) in [5.41, 5.74) is 4.63. The first kappa shape index (κ1) is 15.6. The van der Waals surface area contributed by atoms with Crippen molar-refractivity contribution in [2.75, 3.05) is 5.32 Å². The van der Waals surface area contributed by atoms with Gasteiger partial charge in [-0.25, -0.2) is 4.39 Å². The summed E-state index contributed by atoms with van der Waals surface area (Å²) in [4.78, 5) is 11.7. The van der Waals surface area contributed by atoms with Crippen molar-refractivity contribution in [1.82, 2.24) is 0 Å². The first-order valence-electron chi connectivity index (χ1n) is 6.63. The van der Waals surface area contributed by atoms with Crippen LogP contribution in [0.15, 0.2) is 24.3 Å². The number of anilines is 1. The molecule has 0 spiro atoms. The fraction of sp³-hybridized carbons (Fsp3) is 0.500. The van der Waals surface area contributed by atoms with Crippen LogP contribution >= 0.6 is 0 Å². The largest absolute Gasteiger partial charge is 0.391 e. The van der Waals surface area contributed by atoms with Gasteiger partial charge in [-0.05, 0) is 49.9 Å². The molecule has 116 valence electrons. The number of hydrogen-bond acceptors (Lipinski definition) is 2. The minimum absolute atomic E-state index is 0.00386. The summed E-state index contributed by atoms with van der Waals surface area (Å²) in [6.45, 7) is 0. The Morgan fingerprint density at radius 1 is 1.19 bits per heavy atom. The molecule has 3 nitrogen and oxygen atoms in total. The number of nitrogens with one attached hydrogen (secondary N) is 1. The summed E-state index contributed by atoms with van der Waals surface area (Å²) < 4.78 is 50.9. The van der Waals surface area contributed by atoms with Crippen LogP contribution in [0.5, 0.6) is 0 Å². The van der Waals surface area contributed by atoms with Crippen LogP contribution in [0.4, 0.5) is 23.2 Å². The molecule has 0 bridgehead atoms. The molecular weight excluding hydrogens is 288 g/mol. The van der Waals surface area contributed by atoms with Crippen LogP contribution in [-0.2, 0) is 4.79 Å². The average Bonchev–Trinajstić information content (AvgIpc) is 2.41. The van der Waals surface area contributed by atoms with Crippen molar-refractivity contribution >= 4 is 11.6 Å². The van der Waals surface area contributed by atoms with E-state index in [9.17, 15) is 22.4 Å². The lowest BCUT2D eigenvalue weighted by Gasteiger charge is -2.39. The van der Waals surface area contributed by atoms with Crippen molar-refractivity contribution in [2.45, 2.75) is 37.4 Å². The van der Waals surface area contributed by atoms with Gasteiger partial charge >= 0.3 is 6.18 Å². The number of nitrogens with two attached hydrogens (primary N) is 1. The summed E-state index contributed by atoms with van der Waals surface area (Å²) >= 11 is 0. The molecule has 0 unspecified atom stereocenters. The molecule has 0 heterocycles. The molecule has 1 aliphatic carbocycles. The van der Waals surface area contributed by atoms with Gasteiger partial charge in [-0.3, -0.25) is 4.79 Å². The van der Waals surface area contributed by atoms with Crippen LogP contribution in [0.3, 0.4) is 0 Å². The van der Waals surface area contributed by atoms with E-state index in [0.717, 1.165) is 0 Å². The molecule has 7 heteroatoms. The lowest BCUT2D eigenvalue weighted by atomic mass is 9.75. The maximum Gasteiger partial charge on any atom is 0.391 e. The van der Waals surface area contributed by atoms with Gasteiger partial charge in [0, 0.05) is 5.69 Å². The SMILES string of the molecule is NC(=O)C1(Nc2ccc(F)cc2)CCC(C(F)(F)F)CC1. The Morgan fingerprint density at radius 3 is 2.14 bits per heavy atom. The monoisotopic (exact) mass is 304 g/mol.